The smallest absolute Gasteiger partial charge is 0.274 e. The molecule has 0 radical (unpaired) electrons. The molecule has 0 saturated heterocycles. The van der Waals surface area contributed by atoms with Crippen LogP contribution in [-0.4, -0.2) is 16.9 Å². The summed E-state index contributed by atoms with van der Waals surface area (Å²) in [6, 6.07) is 11.8. The van der Waals surface area contributed by atoms with Crippen molar-refractivity contribution in [3.63, 3.8) is 0 Å². The number of rotatable bonds is 6. The van der Waals surface area contributed by atoms with Crippen molar-refractivity contribution >= 4 is 17.3 Å². The molecule has 0 aromatic heterocycles. The number of carbonyl (C=O) groups is 1. The van der Waals surface area contributed by atoms with Crippen LogP contribution in [0.3, 0.4) is 0 Å². The molecule has 2 aromatic rings. The van der Waals surface area contributed by atoms with Gasteiger partial charge in [-0.05, 0) is 43.5 Å². The van der Waals surface area contributed by atoms with Crippen LogP contribution in [0.25, 0.3) is 0 Å². The third-order valence-electron chi connectivity index (χ3n) is 3.98. The Labute approximate surface area is 139 Å². The van der Waals surface area contributed by atoms with E-state index in [9.17, 15) is 14.9 Å². The molecule has 1 amide bonds. The van der Waals surface area contributed by atoms with Gasteiger partial charge in [0.05, 0.1) is 28.9 Å². The quantitative estimate of drug-likeness (QED) is 0.646. The molecule has 0 atom stereocenters. The second-order valence-electron chi connectivity index (χ2n) is 5.87. The van der Waals surface area contributed by atoms with Crippen LogP contribution in [0.4, 0.5) is 11.4 Å². The third-order valence-corrected chi connectivity index (χ3v) is 3.98. The van der Waals surface area contributed by atoms with Crippen LogP contribution in [-0.2, 0) is 11.3 Å². The van der Waals surface area contributed by atoms with E-state index in [0.29, 0.717) is 29.5 Å². The number of benzene rings is 2. The van der Waals surface area contributed by atoms with Crippen molar-refractivity contribution in [2.24, 2.45) is 0 Å². The summed E-state index contributed by atoms with van der Waals surface area (Å²) in [7, 11) is 0. The molecule has 0 aliphatic heterocycles. The van der Waals surface area contributed by atoms with Crippen molar-refractivity contribution in [3.8, 4) is 0 Å². The van der Waals surface area contributed by atoms with Gasteiger partial charge in [0.1, 0.15) is 0 Å². The van der Waals surface area contributed by atoms with E-state index in [1.54, 1.807) is 31.2 Å². The highest BCUT2D eigenvalue weighted by Gasteiger charge is 2.21. The Kier molecular flexibility index (Phi) is 4.57. The molecule has 1 fully saturated rings. The highest BCUT2D eigenvalue weighted by atomic mass is 16.6. The molecule has 0 bridgehead atoms. The van der Waals surface area contributed by atoms with Crippen molar-refractivity contribution in [2.45, 2.75) is 32.5 Å². The molecule has 0 heterocycles. The molecular formula is C18H18N2O4. The monoisotopic (exact) mass is 326 g/mol. The van der Waals surface area contributed by atoms with Gasteiger partial charge >= 0.3 is 0 Å². The summed E-state index contributed by atoms with van der Waals surface area (Å²) >= 11 is 0. The lowest BCUT2D eigenvalue weighted by Crippen LogP contribution is -2.13. The number of carbonyl (C=O) groups excluding carboxylic acids is 1. The van der Waals surface area contributed by atoms with E-state index in [4.69, 9.17) is 4.74 Å². The Morgan fingerprint density at radius 3 is 2.58 bits per heavy atom. The number of hydrogen-bond donors (Lipinski definition) is 1. The minimum absolute atomic E-state index is 0.0135. The Hall–Kier alpha value is -2.73. The lowest BCUT2D eigenvalue weighted by atomic mass is 10.1. The van der Waals surface area contributed by atoms with Crippen LogP contribution in [0.2, 0.25) is 0 Å². The maximum atomic E-state index is 12.3. The van der Waals surface area contributed by atoms with Gasteiger partial charge in [-0.1, -0.05) is 18.2 Å². The van der Waals surface area contributed by atoms with E-state index in [1.807, 2.05) is 12.1 Å². The first kappa shape index (κ1) is 16.1. The number of hydrogen-bond acceptors (Lipinski definition) is 4. The fraction of sp³-hybridized carbons (Fsp3) is 0.278. The molecule has 1 N–H and O–H groups in total. The third kappa shape index (κ3) is 3.78. The predicted octanol–water partition coefficient (Wildman–Crippen LogP) is 3.83. The van der Waals surface area contributed by atoms with Gasteiger partial charge in [0.25, 0.3) is 11.6 Å². The van der Waals surface area contributed by atoms with Crippen LogP contribution in [0.5, 0.6) is 0 Å². The summed E-state index contributed by atoms with van der Waals surface area (Å²) < 4.78 is 5.62. The summed E-state index contributed by atoms with van der Waals surface area (Å²) in [5, 5.41) is 13.7. The van der Waals surface area contributed by atoms with Gasteiger partial charge in [0.15, 0.2) is 0 Å². The summed E-state index contributed by atoms with van der Waals surface area (Å²) in [6.45, 7) is 2.17. The zero-order valence-corrected chi connectivity index (χ0v) is 13.3. The highest BCUT2D eigenvalue weighted by Crippen LogP contribution is 2.26. The van der Waals surface area contributed by atoms with Crippen LogP contribution in [0.15, 0.2) is 42.5 Å². The van der Waals surface area contributed by atoms with E-state index in [0.717, 1.165) is 18.4 Å². The fourth-order valence-electron chi connectivity index (χ4n) is 2.35. The first-order valence-corrected chi connectivity index (χ1v) is 7.80. The van der Waals surface area contributed by atoms with E-state index >= 15 is 0 Å². The first-order chi connectivity index (χ1) is 11.5. The van der Waals surface area contributed by atoms with Crippen molar-refractivity contribution in [2.75, 3.05) is 5.32 Å². The van der Waals surface area contributed by atoms with Crippen LogP contribution < -0.4 is 5.32 Å². The van der Waals surface area contributed by atoms with Gasteiger partial charge in [0, 0.05) is 11.6 Å². The average Bonchev–Trinajstić information content (AvgIpc) is 3.39. The van der Waals surface area contributed by atoms with Crippen LogP contribution in [0.1, 0.15) is 34.3 Å². The zero-order chi connectivity index (χ0) is 17.1. The molecule has 6 heteroatoms. The number of amides is 1. The average molecular weight is 326 g/mol. The Balaban J connectivity index is 1.68. The van der Waals surface area contributed by atoms with Crippen molar-refractivity contribution in [1.82, 2.24) is 0 Å². The number of nitrogens with one attached hydrogen (secondary N) is 1. The standard InChI is InChI=1S/C18H18N2O4/c1-12-16(3-2-4-17(12)20(22)23)19-18(21)14-7-5-13(6-8-14)11-24-15-9-10-15/h2-8,15H,9-11H2,1H3,(H,19,21). The molecule has 0 spiro atoms. The lowest BCUT2D eigenvalue weighted by Gasteiger charge is -2.09. The van der Waals surface area contributed by atoms with E-state index in [2.05, 4.69) is 5.32 Å². The largest absolute Gasteiger partial charge is 0.374 e. The molecule has 24 heavy (non-hydrogen) atoms. The molecule has 0 unspecified atom stereocenters. The van der Waals surface area contributed by atoms with Gasteiger partial charge < -0.3 is 10.1 Å². The van der Waals surface area contributed by atoms with Crippen LogP contribution >= 0.6 is 0 Å². The van der Waals surface area contributed by atoms with Gasteiger partial charge in [-0.3, -0.25) is 14.9 Å². The number of anilines is 1. The van der Waals surface area contributed by atoms with Crippen molar-refractivity contribution < 1.29 is 14.5 Å². The van der Waals surface area contributed by atoms with Gasteiger partial charge in [-0.25, -0.2) is 0 Å². The molecule has 1 saturated carbocycles. The molecular weight excluding hydrogens is 308 g/mol. The van der Waals surface area contributed by atoms with Gasteiger partial charge in [-0.2, -0.15) is 0 Å². The number of ether oxygens (including phenoxy) is 1. The lowest BCUT2D eigenvalue weighted by molar-refractivity contribution is -0.385. The first-order valence-electron chi connectivity index (χ1n) is 7.80. The van der Waals surface area contributed by atoms with E-state index in [-0.39, 0.29) is 11.6 Å². The van der Waals surface area contributed by atoms with E-state index < -0.39 is 4.92 Å². The SMILES string of the molecule is Cc1c(NC(=O)c2ccc(COC3CC3)cc2)cccc1[N+](=O)[O-]. The Bertz CT molecular complexity index is 767. The zero-order valence-electron chi connectivity index (χ0n) is 13.3. The normalized spacial score (nSPS) is 13.5. The van der Waals surface area contributed by atoms with Gasteiger partial charge in [-0.15, -0.1) is 0 Å². The second kappa shape index (κ2) is 6.80. The maximum absolute atomic E-state index is 12.3. The molecule has 124 valence electrons. The maximum Gasteiger partial charge on any atom is 0.274 e. The minimum atomic E-state index is -0.459. The van der Waals surface area contributed by atoms with Crippen molar-refractivity contribution in [3.05, 3.63) is 69.3 Å². The number of nitro groups is 1. The summed E-state index contributed by atoms with van der Waals surface area (Å²) in [6.07, 6.45) is 2.65. The molecule has 2 aromatic carbocycles. The Morgan fingerprint density at radius 2 is 1.96 bits per heavy atom. The van der Waals surface area contributed by atoms with Crippen molar-refractivity contribution in [1.29, 1.82) is 0 Å². The molecule has 1 aliphatic carbocycles. The highest BCUT2D eigenvalue weighted by molar-refractivity contribution is 6.04. The molecule has 1 aliphatic rings. The van der Waals surface area contributed by atoms with Crippen LogP contribution in [0, 0.1) is 17.0 Å². The number of nitro benzene ring substituents is 1. The molecule has 6 nitrogen and oxygen atoms in total. The topological polar surface area (TPSA) is 81.5 Å². The molecule has 3 rings (SSSR count). The van der Waals surface area contributed by atoms with Gasteiger partial charge in [0.2, 0.25) is 0 Å². The summed E-state index contributed by atoms with van der Waals surface area (Å²) in [4.78, 5) is 22.8. The fourth-order valence-corrected chi connectivity index (χ4v) is 2.35. The predicted molar refractivity (Wildman–Crippen MR) is 90.0 cm³/mol. The number of nitrogens with zero attached hydrogens (tertiary/aromatic N) is 1. The second-order valence-corrected chi connectivity index (χ2v) is 5.87. The Morgan fingerprint density at radius 1 is 1.25 bits per heavy atom. The minimum Gasteiger partial charge on any atom is -0.374 e. The van der Waals surface area contributed by atoms with E-state index in [1.165, 1.54) is 6.07 Å². The summed E-state index contributed by atoms with van der Waals surface area (Å²) in [5.41, 5.74) is 2.38. The summed E-state index contributed by atoms with van der Waals surface area (Å²) in [5.74, 6) is -0.298.